The van der Waals surface area contributed by atoms with E-state index in [0.29, 0.717) is 6.07 Å². The Labute approximate surface area is 200 Å². The number of aliphatic hydroxyl groups is 2. The van der Waals surface area contributed by atoms with Crippen LogP contribution in [-0.4, -0.2) is 53.0 Å². The molecule has 1 fully saturated rings. The third-order valence-electron chi connectivity index (χ3n) is 4.87. The van der Waals surface area contributed by atoms with Gasteiger partial charge in [-0.25, -0.2) is 18.6 Å². The van der Waals surface area contributed by atoms with Crippen LogP contribution in [0.15, 0.2) is 18.2 Å². The highest BCUT2D eigenvalue weighted by Crippen LogP contribution is 2.45. The van der Waals surface area contributed by atoms with E-state index in [1.54, 1.807) is 0 Å². The number of β-amino-alcohol motifs (C(OH)–C–C–N with tert-alkyl or cyclic N) is 1. The number of hydrogen-bond acceptors (Lipinski definition) is 6. The zero-order chi connectivity index (χ0) is 27.3. The minimum absolute atomic E-state index is 0.0672. The standard InChI is InChI=1S/C19H12ClF8N3O5/c1-30(10-3-7(20)8(21)4-9(10)22)17(35)36-14-6(18(23,24)25)2-12(19(26,27)28)29-15(14)31-5-11(32)13(33)16(31)34/h2-4,11,13,32-33H,5H2,1H3/t11-,13-/m0/s1. The average molecular weight is 550 g/mol. The van der Waals surface area contributed by atoms with Crippen LogP contribution < -0.4 is 14.5 Å². The number of amides is 2. The first-order valence-electron chi connectivity index (χ1n) is 9.40. The number of aromatic nitrogens is 1. The highest BCUT2D eigenvalue weighted by molar-refractivity contribution is 6.31. The monoisotopic (exact) mass is 549 g/mol. The highest BCUT2D eigenvalue weighted by Gasteiger charge is 2.47. The summed E-state index contributed by atoms with van der Waals surface area (Å²) in [7, 11) is 0.758. The molecule has 196 valence electrons. The van der Waals surface area contributed by atoms with Crippen LogP contribution in [0.25, 0.3) is 0 Å². The van der Waals surface area contributed by atoms with Crippen molar-refractivity contribution in [3.63, 3.8) is 0 Å². The van der Waals surface area contributed by atoms with Crippen LogP contribution in [-0.2, 0) is 17.1 Å². The van der Waals surface area contributed by atoms with Crippen molar-refractivity contribution >= 4 is 35.1 Å². The second kappa shape index (κ2) is 9.33. The molecule has 36 heavy (non-hydrogen) atoms. The fraction of sp³-hybridized carbons (Fsp3) is 0.316. The lowest BCUT2D eigenvalue weighted by molar-refractivity contribution is -0.146. The molecule has 2 heterocycles. The van der Waals surface area contributed by atoms with E-state index < -0.39 is 94.3 Å². The molecule has 1 aromatic heterocycles. The predicted octanol–water partition coefficient (Wildman–Crippen LogP) is 3.75. The van der Waals surface area contributed by atoms with Gasteiger partial charge in [0.25, 0.3) is 5.91 Å². The number of rotatable bonds is 3. The number of halogens is 9. The average Bonchev–Trinajstić information content (AvgIpc) is 3.01. The van der Waals surface area contributed by atoms with Gasteiger partial charge in [-0.05, 0) is 12.1 Å². The van der Waals surface area contributed by atoms with Crippen molar-refractivity contribution in [2.24, 2.45) is 0 Å². The molecule has 2 aromatic rings. The molecule has 2 atom stereocenters. The summed E-state index contributed by atoms with van der Waals surface area (Å²) in [5, 5.41) is 18.6. The van der Waals surface area contributed by atoms with Crippen molar-refractivity contribution in [2.45, 2.75) is 24.6 Å². The van der Waals surface area contributed by atoms with Gasteiger partial charge in [0.05, 0.1) is 17.3 Å². The van der Waals surface area contributed by atoms with Crippen molar-refractivity contribution in [3.05, 3.63) is 46.1 Å². The smallest absolute Gasteiger partial charge is 0.405 e. The number of hydrogen-bond donors (Lipinski definition) is 2. The molecule has 0 radical (unpaired) electrons. The van der Waals surface area contributed by atoms with Crippen molar-refractivity contribution in [1.29, 1.82) is 0 Å². The van der Waals surface area contributed by atoms with Crippen LogP contribution in [0, 0.1) is 11.6 Å². The first-order chi connectivity index (χ1) is 16.4. The lowest BCUT2D eigenvalue weighted by atomic mass is 10.1. The minimum atomic E-state index is -5.61. The number of anilines is 2. The van der Waals surface area contributed by atoms with E-state index in [1.165, 1.54) is 0 Å². The minimum Gasteiger partial charge on any atom is -0.405 e. The molecular weight excluding hydrogens is 538 g/mol. The van der Waals surface area contributed by atoms with Gasteiger partial charge in [-0.2, -0.15) is 26.3 Å². The van der Waals surface area contributed by atoms with Gasteiger partial charge >= 0.3 is 18.4 Å². The lowest BCUT2D eigenvalue weighted by Crippen LogP contribution is -2.34. The van der Waals surface area contributed by atoms with Gasteiger partial charge in [0, 0.05) is 13.1 Å². The Kier molecular flexibility index (Phi) is 7.09. The summed E-state index contributed by atoms with van der Waals surface area (Å²) < 4.78 is 113. The number of carbonyl (C=O) groups is 2. The van der Waals surface area contributed by atoms with Crippen LogP contribution >= 0.6 is 11.6 Å². The Morgan fingerprint density at radius 1 is 1.11 bits per heavy atom. The zero-order valence-corrected chi connectivity index (χ0v) is 18.2. The van der Waals surface area contributed by atoms with Crippen molar-refractivity contribution in [1.82, 2.24) is 4.98 Å². The number of benzene rings is 1. The molecule has 0 saturated carbocycles. The maximum atomic E-state index is 14.1. The molecule has 0 unspecified atom stereocenters. The second-order valence-corrected chi connectivity index (χ2v) is 7.72. The molecule has 0 bridgehead atoms. The van der Waals surface area contributed by atoms with Crippen molar-refractivity contribution in [2.75, 3.05) is 23.4 Å². The van der Waals surface area contributed by atoms with Gasteiger partial charge in [0.2, 0.25) is 0 Å². The number of ether oxygens (including phenoxy) is 1. The van der Waals surface area contributed by atoms with Gasteiger partial charge in [-0.1, -0.05) is 11.6 Å². The first kappa shape index (κ1) is 27.3. The summed E-state index contributed by atoms with van der Waals surface area (Å²) in [6.07, 6.45) is -17.1. The SMILES string of the molecule is CN(C(=O)Oc1c(C(F)(F)F)cc(C(F)(F)F)nc1N1C[C@H](O)[C@H](O)C1=O)c1cc(Cl)c(F)cc1F. The third kappa shape index (κ3) is 5.15. The van der Waals surface area contributed by atoms with Crippen LogP contribution in [0.1, 0.15) is 11.3 Å². The summed E-state index contributed by atoms with van der Waals surface area (Å²) in [6, 6.07) is 0.342. The summed E-state index contributed by atoms with van der Waals surface area (Å²) in [6.45, 7) is -1.01. The highest BCUT2D eigenvalue weighted by atomic mass is 35.5. The molecule has 0 aliphatic carbocycles. The van der Waals surface area contributed by atoms with Gasteiger partial charge in [-0.3, -0.25) is 14.6 Å². The summed E-state index contributed by atoms with van der Waals surface area (Å²) >= 11 is 5.52. The van der Waals surface area contributed by atoms with E-state index in [-0.39, 0.29) is 15.9 Å². The molecule has 0 spiro atoms. The summed E-state index contributed by atoms with van der Waals surface area (Å²) in [5.74, 6) is -7.39. The molecule has 1 aromatic carbocycles. The van der Waals surface area contributed by atoms with E-state index in [0.717, 1.165) is 7.05 Å². The Balaban J connectivity index is 2.18. The summed E-state index contributed by atoms with van der Waals surface area (Å²) in [5.41, 5.74) is -5.13. The first-order valence-corrected chi connectivity index (χ1v) is 9.78. The molecular formula is C19H12ClF8N3O5. The van der Waals surface area contributed by atoms with Gasteiger partial charge in [-0.15, -0.1) is 0 Å². The third-order valence-corrected chi connectivity index (χ3v) is 5.16. The van der Waals surface area contributed by atoms with E-state index in [2.05, 4.69) is 9.72 Å². The number of nitrogens with zero attached hydrogens (tertiary/aromatic N) is 3. The van der Waals surface area contributed by atoms with Crippen molar-refractivity contribution in [3.8, 4) is 5.75 Å². The van der Waals surface area contributed by atoms with E-state index in [1.807, 2.05) is 0 Å². The Bertz CT molecular complexity index is 1220. The Morgan fingerprint density at radius 3 is 2.22 bits per heavy atom. The van der Waals surface area contributed by atoms with Crippen LogP contribution in [0.4, 0.5) is 51.4 Å². The molecule has 1 aliphatic rings. The van der Waals surface area contributed by atoms with Crippen LogP contribution in [0.2, 0.25) is 5.02 Å². The topological polar surface area (TPSA) is 103 Å². The fourth-order valence-corrected chi connectivity index (χ4v) is 3.23. The molecule has 2 amide bonds. The van der Waals surface area contributed by atoms with E-state index in [9.17, 15) is 54.9 Å². The molecule has 2 N–H and O–H groups in total. The van der Waals surface area contributed by atoms with E-state index >= 15 is 0 Å². The Hall–Kier alpha value is -3.24. The largest absolute Gasteiger partial charge is 0.433 e. The normalized spacial score (nSPS) is 18.6. The van der Waals surface area contributed by atoms with Crippen LogP contribution in [0.5, 0.6) is 5.75 Å². The molecule has 8 nitrogen and oxygen atoms in total. The maximum Gasteiger partial charge on any atom is 0.433 e. The van der Waals surface area contributed by atoms with Crippen LogP contribution in [0.3, 0.4) is 0 Å². The predicted molar refractivity (Wildman–Crippen MR) is 104 cm³/mol. The number of alkyl halides is 6. The molecule has 1 aliphatic heterocycles. The van der Waals surface area contributed by atoms with Gasteiger partial charge in [0.1, 0.15) is 29.0 Å². The number of pyridine rings is 1. The maximum absolute atomic E-state index is 14.1. The lowest BCUT2D eigenvalue weighted by Gasteiger charge is -2.25. The number of aliphatic hydroxyl groups excluding tert-OH is 2. The van der Waals surface area contributed by atoms with Crippen molar-refractivity contribution < 1.29 is 59.7 Å². The molecule has 17 heteroatoms. The van der Waals surface area contributed by atoms with E-state index in [4.69, 9.17) is 11.6 Å². The Morgan fingerprint density at radius 2 is 1.72 bits per heavy atom. The fourth-order valence-electron chi connectivity index (χ4n) is 3.07. The van der Waals surface area contributed by atoms with Gasteiger partial charge < -0.3 is 14.9 Å². The van der Waals surface area contributed by atoms with Gasteiger partial charge in [0.15, 0.2) is 17.7 Å². The quantitative estimate of drug-likeness (QED) is 0.447. The summed E-state index contributed by atoms with van der Waals surface area (Å²) in [4.78, 5) is 28.0. The second-order valence-electron chi connectivity index (χ2n) is 7.31. The molecule has 1 saturated heterocycles. The molecule has 3 rings (SSSR count). The zero-order valence-electron chi connectivity index (χ0n) is 17.5. The number of carbonyl (C=O) groups excluding carboxylic acids is 2.